The predicted molar refractivity (Wildman–Crippen MR) is 533 cm³/mol. The lowest BCUT2D eigenvalue weighted by Crippen LogP contribution is -2.61. The first-order valence-electron chi connectivity index (χ1n) is 44.5. The molecule has 5 heteroatoms. The zero-order valence-corrected chi connectivity index (χ0v) is 75.9. The molecule has 0 amide bonds. The lowest BCUT2D eigenvalue weighted by molar-refractivity contribution is 0.590. The highest BCUT2D eigenvalue weighted by atomic mass is 15.2. The number of hydrogen-bond acceptors (Lipinski definition) is 2. The Kier molecular flexibility index (Phi) is 19.0. The number of nitrogens with zero attached hydrogens (tertiary/aromatic N) is 4. The Morgan fingerprint density at radius 3 is 0.748 bits per heavy atom. The van der Waals surface area contributed by atoms with E-state index in [1.165, 1.54) is 121 Å². The molecule has 0 aliphatic carbocycles. The van der Waals surface area contributed by atoms with Gasteiger partial charge in [0.25, 0.3) is 6.71 Å². The van der Waals surface area contributed by atoms with Crippen LogP contribution in [0.2, 0.25) is 0 Å². The Labute approximate surface area is 730 Å². The van der Waals surface area contributed by atoms with E-state index in [-0.39, 0.29) is 44.6 Å². The minimum atomic E-state index is -0.388. The van der Waals surface area contributed by atoms with Crippen molar-refractivity contribution in [2.45, 2.75) is 183 Å². The number of benzene rings is 15. The van der Waals surface area contributed by atoms with E-state index >= 15 is 0 Å². The van der Waals surface area contributed by atoms with E-state index in [1.807, 2.05) is 0 Å². The lowest BCUT2D eigenvalue weighted by Gasteiger charge is -2.47. The van der Waals surface area contributed by atoms with Gasteiger partial charge in [-0.25, -0.2) is 0 Å². The molecule has 4 nitrogen and oxygen atoms in total. The normalized spacial score (nSPS) is 13.4. The van der Waals surface area contributed by atoms with Crippen LogP contribution in [0.1, 0.15) is 184 Å². The number of aromatic nitrogens is 2. The fourth-order valence-electron chi connectivity index (χ4n) is 19.4. The quantitative estimate of drug-likeness (QED) is 0.127. The zero-order chi connectivity index (χ0) is 86.1. The van der Waals surface area contributed by atoms with E-state index in [2.05, 4.69) is 480 Å². The Morgan fingerprint density at radius 1 is 0.195 bits per heavy atom. The molecule has 0 N–H and O–H groups in total. The van der Waals surface area contributed by atoms with Gasteiger partial charge in [-0.05, 0) is 259 Å². The fraction of sp³-hybridized carbons (Fsp3) is 0.237. The maximum atomic E-state index is 2.79. The van der Waals surface area contributed by atoms with E-state index in [4.69, 9.17) is 0 Å². The van der Waals surface area contributed by atoms with Gasteiger partial charge in [-0.15, -0.1) is 0 Å². The summed E-state index contributed by atoms with van der Waals surface area (Å²) in [5, 5.41) is 5.03. The minimum absolute atomic E-state index is 0.0769. The summed E-state index contributed by atoms with van der Waals surface area (Å²) in [4.78, 5) is 5.56. The maximum Gasteiger partial charge on any atom is 0.252 e. The predicted octanol–water partition coefficient (Wildman–Crippen LogP) is 31.0. The first kappa shape index (κ1) is 80.3. The minimum Gasteiger partial charge on any atom is -0.310 e. The molecule has 0 saturated heterocycles. The maximum absolute atomic E-state index is 2.79. The number of anilines is 6. The summed E-state index contributed by atoms with van der Waals surface area (Å²) < 4.78 is 5.17. The molecule has 0 bridgehead atoms. The molecule has 0 unspecified atom stereocenters. The van der Waals surface area contributed by atoms with Crippen molar-refractivity contribution in [2.24, 2.45) is 0 Å². The average molecular weight is 1600 g/mol. The fourth-order valence-corrected chi connectivity index (χ4v) is 19.4. The Balaban J connectivity index is 1.01. The molecular weight excluding hydrogens is 1480 g/mol. The van der Waals surface area contributed by atoms with E-state index in [0.29, 0.717) is 0 Å². The molecule has 123 heavy (non-hydrogen) atoms. The van der Waals surface area contributed by atoms with Crippen LogP contribution < -0.4 is 26.2 Å². The molecule has 0 fully saturated rings. The molecule has 4 heterocycles. The molecule has 17 aromatic rings. The van der Waals surface area contributed by atoms with E-state index in [9.17, 15) is 0 Å². The van der Waals surface area contributed by atoms with Gasteiger partial charge in [-0.1, -0.05) is 340 Å². The van der Waals surface area contributed by atoms with Crippen LogP contribution in [0.3, 0.4) is 0 Å². The third-order valence-corrected chi connectivity index (χ3v) is 26.5. The highest BCUT2D eigenvalue weighted by molar-refractivity contribution is 7.00. The summed E-state index contributed by atoms with van der Waals surface area (Å²) in [5.41, 5.74) is 39.1. The smallest absolute Gasteiger partial charge is 0.252 e. The zero-order valence-electron chi connectivity index (χ0n) is 75.9. The van der Waals surface area contributed by atoms with Gasteiger partial charge in [-0.3, -0.25) is 0 Å². The second kappa shape index (κ2) is 29.1. The summed E-state index contributed by atoms with van der Waals surface area (Å²) in [5.74, 6) is 0. The van der Waals surface area contributed by atoms with E-state index in [0.717, 1.165) is 90.0 Å². The molecule has 15 aromatic carbocycles. The molecular formula is C118H115BN4. The van der Waals surface area contributed by atoms with Crippen LogP contribution in [0.5, 0.6) is 0 Å². The van der Waals surface area contributed by atoms with Crippen molar-refractivity contribution in [3.05, 3.63) is 354 Å². The summed E-state index contributed by atoms with van der Waals surface area (Å²) in [6, 6.07) is 123. The van der Waals surface area contributed by atoms with Crippen LogP contribution in [0.25, 0.3) is 122 Å². The third kappa shape index (κ3) is 14.1. The molecule has 2 aliphatic heterocycles. The topological polar surface area (TPSA) is 16.3 Å². The molecule has 0 atom stereocenters. The van der Waals surface area contributed by atoms with Crippen LogP contribution in [0, 0.1) is 0 Å². The van der Waals surface area contributed by atoms with Gasteiger partial charge in [0.2, 0.25) is 0 Å². The molecule has 610 valence electrons. The van der Waals surface area contributed by atoms with Crippen molar-refractivity contribution >= 4 is 101 Å². The van der Waals surface area contributed by atoms with Gasteiger partial charge in [0.15, 0.2) is 0 Å². The monoisotopic (exact) mass is 1600 g/mol. The largest absolute Gasteiger partial charge is 0.310 e. The SMILES string of the molecule is CC(C)(C)c1cc(-c2ccccc2)c(N2c3cc(-n4c5ccc(C(C)(C)C)cc5c5cc(C(C)(C)C)ccc54)ccc3B3c4ccc(-n5c6ccc(C(C)(C)C)cc6c6cc(C(C)(C)C)ccc65)cc4N(c4c(-c5cccc(-c6ccccc6)c5)cc(C(C)(C)C)cc4-c4cccc(-c5ccccc5)c4)c4cc(C(C)(C)C)cc2c43)c(-c2ccccc2)c1. The molecule has 0 saturated carbocycles. The molecule has 19 rings (SSSR count). The molecule has 0 spiro atoms. The van der Waals surface area contributed by atoms with Gasteiger partial charge in [0.05, 0.1) is 33.4 Å². The van der Waals surface area contributed by atoms with Crippen molar-refractivity contribution in [1.82, 2.24) is 9.13 Å². The Morgan fingerprint density at radius 2 is 0.455 bits per heavy atom. The summed E-state index contributed by atoms with van der Waals surface area (Å²) >= 11 is 0. The first-order chi connectivity index (χ1) is 58.4. The van der Waals surface area contributed by atoms with Gasteiger partial charge in [0.1, 0.15) is 0 Å². The van der Waals surface area contributed by atoms with Crippen LogP contribution in [0.15, 0.2) is 315 Å². The second-order valence-electron chi connectivity index (χ2n) is 42.3. The molecule has 0 radical (unpaired) electrons. The van der Waals surface area contributed by atoms with Crippen LogP contribution in [-0.4, -0.2) is 15.8 Å². The highest BCUT2D eigenvalue weighted by Crippen LogP contribution is 2.57. The van der Waals surface area contributed by atoms with Crippen LogP contribution in [-0.2, 0) is 37.9 Å². The van der Waals surface area contributed by atoms with Gasteiger partial charge in [0, 0.05) is 77.9 Å². The lowest BCUT2D eigenvalue weighted by atomic mass is 9.33. The van der Waals surface area contributed by atoms with Crippen molar-refractivity contribution < 1.29 is 0 Å². The number of fused-ring (bicyclic) bond motifs is 10. The standard InChI is InChI=1S/C118H115BN4/c1-112(2,3)82-48-56-101-95(62-82)96-63-83(113(4,5)6)49-57-102(96)120(101)89-52-54-99-105(72-89)122(110-91(76-40-30-24-31-41-76)66-86(116(13,14)15)67-92(110)77-42-32-25-33-43-77)107-70-88(118(19,20)21)71-108-109(107)119(99)100-55-53-90(121-103-58-50-84(114(7,8)9)64-97(103)98-65-85(115(10,11)12)51-59-104(98)121)73-106(100)123(108)111-93(80-46-34-44-78(60-80)74-36-26-22-27-37-74)68-87(117(16,17)18)69-94(111)81-47-35-45-79(61-81)75-38-28-23-29-39-75/h22-73H,1-21H3. The van der Waals surface area contributed by atoms with Crippen molar-refractivity contribution in [1.29, 1.82) is 0 Å². The van der Waals surface area contributed by atoms with Gasteiger partial charge in [-0.2, -0.15) is 0 Å². The summed E-state index contributed by atoms with van der Waals surface area (Å²) in [6.07, 6.45) is 0. The third-order valence-electron chi connectivity index (χ3n) is 26.5. The van der Waals surface area contributed by atoms with E-state index in [1.54, 1.807) is 0 Å². The summed E-state index contributed by atoms with van der Waals surface area (Å²) in [6.45, 7) is 49.4. The second-order valence-corrected chi connectivity index (χ2v) is 42.3. The summed E-state index contributed by atoms with van der Waals surface area (Å²) in [7, 11) is 0. The Hall–Kier alpha value is -12.4. The molecule has 2 aromatic heterocycles. The van der Waals surface area contributed by atoms with Crippen LogP contribution >= 0.6 is 0 Å². The van der Waals surface area contributed by atoms with Crippen LogP contribution in [0.4, 0.5) is 34.1 Å². The highest BCUT2D eigenvalue weighted by Gasteiger charge is 2.47. The average Bonchev–Trinajstić information content (AvgIpc) is 1.54. The Bertz CT molecular complexity index is 6760. The van der Waals surface area contributed by atoms with E-state index < -0.39 is 0 Å². The van der Waals surface area contributed by atoms with Crippen molar-refractivity contribution in [3.63, 3.8) is 0 Å². The van der Waals surface area contributed by atoms with Crippen molar-refractivity contribution in [2.75, 3.05) is 9.80 Å². The van der Waals surface area contributed by atoms with Crippen molar-refractivity contribution in [3.8, 4) is 78.1 Å². The number of hydrogen-bond donors (Lipinski definition) is 0. The first-order valence-corrected chi connectivity index (χ1v) is 44.5. The molecule has 2 aliphatic rings. The number of rotatable bonds is 10. The van der Waals surface area contributed by atoms with Gasteiger partial charge < -0.3 is 18.9 Å². The van der Waals surface area contributed by atoms with Gasteiger partial charge >= 0.3 is 0 Å².